The van der Waals surface area contributed by atoms with Gasteiger partial charge in [-0.1, -0.05) is 19.1 Å². The summed E-state index contributed by atoms with van der Waals surface area (Å²) in [5, 5.41) is 8.65. The van der Waals surface area contributed by atoms with E-state index in [1.54, 1.807) is 29.2 Å². The molecule has 38 heavy (non-hydrogen) atoms. The maximum atomic E-state index is 13.0. The maximum absolute atomic E-state index is 13.0. The highest BCUT2D eigenvalue weighted by Gasteiger charge is 2.30. The van der Waals surface area contributed by atoms with Crippen LogP contribution in [0, 0.1) is 6.92 Å². The molecule has 0 unspecified atom stereocenters. The summed E-state index contributed by atoms with van der Waals surface area (Å²) >= 11 is 0. The van der Waals surface area contributed by atoms with Gasteiger partial charge in [-0.3, -0.25) is 9.36 Å². The van der Waals surface area contributed by atoms with Gasteiger partial charge in [-0.25, -0.2) is 15.0 Å². The van der Waals surface area contributed by atoms with Crippen LogP contribution < -0.4 is 16.0 Å². The molecule has 8 nitrogen and oxygen atoms in total. The van der Waals surface area contributed by atoms with E-state index in [1.165, 1.54) is 18.5 Å². The minimum Gasteiger partial charge on any atom is -0.368 e. The number of hydrogen-bond acceptors (Lipinski definition) is 6. The van der Waals surface area contributed by atoms with Crippen LogP contribution >= 0.6 is 0 Å². The average Bonchev–Trinajstić information content (AvgIpc) is 3.31. The third kappa shape index (κ3) is 7.16. The van der Waals surface area contributed by atoms with Gasteiger partial charge in [-0.2, -0.15) is 13.2 Å². The molecule has 2 aromatic heterocycles. The lowest BCUT2D eigenvalue weighted by Gasteiger charge is -2.10. The van der Waals surface area contributed by atoms with Crippen molar-refractivity contribution >= 4 is 40.9 Å². The summed E-state index contributed by atoms with van der Waals surface area (Å²) in [6.07, 6.45) is 3.19. The first-order valence-electron chi connectivity index (χ1n) is 11.9. The van der Waals surface area contributed by atoms with Gasteiger partial charge in [-0.15, -0.1) is 0 Å². The number of halogens is 3. The Labute approximate surface area is 219 Å². The van der Waals surface area contributed by atoms with Gasteiger partial charge in [0.1, 0.15) is 12.7 Å². The van der Waals surface area contributed by atoms with Crippen molar-refractivity contribution < 1.29 is 18.0 Å². The molecule has 0 saturated heterocycles. The van der Waals surface area contributed by atoms with Crippen LogP contribution in [0.25, 0.3) is 23.4 Å². The third-order valence-electron chi connectivity index (χ3n) is 5.31. The molecule has 0 bridgehead atoms. The number of rotatable bonds is 7. The summed E-state index contributed by atoms with van der Waals surface area (Å²) in [4.78, 5) is 25.5. The summed E-state index contributed by atoms with van der Waals surface area (Å²) in [6.45, 7) is 4.75. The fourth-order valence-electron chi connectivity index (χ4n) is 3.43. The number of benzene rings is 2. The van der Waals surface area contributed by atoms with E-state index in [0.717, 1.165) is 36.2 Å². The van der Waals surface area contributed by atoms with Gasteiger partial charge in [0.25, 0.3) is 5.91 Å². The van der Waals surface area contributed by atoms with Crippen LogP contribution in [0.1, 0.15) is 40.4 Å². The first-order valence-corrected chi connectivity index (χ1v) is 11.9. The summed E-state index contributed by atoms with van der Waals surface area (Å²) < 4.78 is 40.7. The molecule has 0 radical (unpaired) electrons. The minimum atomic E-state index is -4.52. The largest absolute Gasteiger partial charge is 0.416 e. The summed E-state index contributed by atoms with van der Waals surface area (Å²) in [7, 11) is 3.75. The van der Waals surface area contributed by atoms with Gasteiger partial charge >= 0.3 is 6.18 Å². The molecule has 200 valence electrons. The van der Waals surface area contributed by atoms with Gasteiger partial charge in [0.05, 0.1) is 5.56 Å². The second-order valence-electron chi connectivity index (χ2n) is 8.39. The van der Waals surface area contributed by atoms with E-state index in [2.05, 4.69) is 37.8 Å². The monoisotopic (exact) mass is 525 g/mol. The molecule has 0 fully saturated rings. The van der Waals surface area contributed by atoms with Crippen LogP contribution in [-0.2, 0) is 6.18 Å². The maximum Gasteiger partial charge on any atom is 0.416 e. The number of anilines is 2. The highest BCUT2D eigenvalue weighted by atomic mass is 19.4. The van der Waals surface area contributed by atoms with Gasteiger partial charge in [0.2, 0.25) is 0 Å². The Morgan fingerprint density at radius 3 is 2.55 bits per heavy atom. The topological polar surface area (TPSA) is 96.8 Å². The van der Waals surface area contributed by atoms with E-state index in [9.17, 15) is 18.0 Å². The highest BCUT2D eigenvalue weighted by molar-refractivity contribution is 6.04. The van der Waals surface area contributed by atoms with Crippen LogP contribution in [0.15, 0.2) is 55.1 Å². The zero-order valence-electron chi connectivity index (χ0n) is 21.6. The Kier molecular flexibility index (Phi) is 9.55. The number of aryl methyl sites for hydroxylation is 1. The average molecular weight is 526 g/mol. The molecule has 0 saturated carbocycles. The molecular weight excluding hydrogens is 495 g/mol. The third-order valence-corrected chi connectivity index (χ3v) is 5.31. The Balaban J connectivity index is 0.00000127. The molecule has 0 aliphatic rings. The predicted molar refractivity (Wildman–Crippen MR) is 145 cm³/mol. The normalized spacial score (nSPS) is 11.3. The van der Waals surface area contributed by atoms with Crippen LogP contribution in [0.5, 0.6) is 0 Å². The van der Waals surface area contributed by atoms with Crippen molar-refractivity contribution in [2.24, 2.45) is 0 Å². The van der Waals surface area contributed by atoms with Crippen molar-refractivity contribution in [2.75, 3.05) is 31.3 Å². The van der Waals surface area contributed by atoms with E-state index in [4.69, 9.17) is 0 Å². The molecule has 1 amide bonds. The standard InChI is InChI=1S/C25H23F3N6O.C2H7N/c1-3-10-29-22-21-23(31-14-30-22)34(15-32-21)11-9-17-13-20(8-7-16(17)2)33-24(35)18-5-4-6-19(12-18)25(26,27)28;1-3-2/h4-9,11-15H,3,10H2,1-2H3,(H,33,35)(H,29,30,31);3H,1-2H3. The highest BCUT2D eigenvalue weighted by Crippen LogP contribution is 2.30. The fourth-order valence-corrected chi connectivity index (χ4v) is 3.43. The first kappa shape index (κ1) is 28.3. The first-order chi connectivity index (χ1) is 18.2. The molecule has 4 aromatic rings. The van der Waals surface area contributed by atoms with Crippen molar-refractivity contribution in [1.82, 2.24) is 24.8 Å². The SMILES string of the molecule is CCCNc1ncnc2c1ncn2C=Cc1cc(NC(=O)c2cccc(C(F)(F)F)c2)ccc1C.CNC. The molecule has 3 N–H and O–H groups in total. The summed E-state index contributed by atoms with van der Waals surface area (Å²) in [5.74, 6) is 0.0405. The van der Waals surface area contributed by atoms with Crippen molar-refractivity contribution in [3.05, 3.63) is 77.4 Å². The molecule has 4 rings (SSSR count). The zero-order valence-corrected chi connectivity index (χ0v) is 21.6. The van der Waals surface area contributed by atoms with E-state index in [0.29, 0.717) is 22.7 Å². The van der Waals surface area contributed by atoms with Gasteiger partial charge in [0, 0.05) is 24.0 Å². The van der Waals surface area contributed by atoms with Crippen molar-refractivity contribution in [1.29, 1.82) is 0 Å². The Bertz CT molecular complexity index is 1410. The summed E-state index contributed by atoms with van der Waals surface area (Å²) in [6, 6.07) is 9.59. The molecule has 2 aromatic carbocycles. The molecule has 0 atom stereocenters. The number of hydrogen-bond donors (Lipinski definition) is 3. The number of amides is 1. The molecular formula is C27H30F3N7O. The quantitative estimate of drug-likeness (QED) is 0.287. The van der Waals surface area contributed by atoms with Crippen LogP contribution in [-0.4, -0.2) is 46.1 Å². The van der Waals surface area contributed by atoms with E-state index < -0.39 is 17.6 Å². The van der Waals surface area contributed by atoms with Crippen LogP contribution in [0.2, 0.25) is 0 Å². The lowest BCUT2D eigenvalue weighted by atomic mass is 10.1. The second-order valence-corrected chi connectivity index (χ2v) is 8.39. The Morgan fingerprint density at radius 2 is 1.84 bits per heavy atom. The minimum absolute atomic E-state index is 0.0745. The van der Waals surface area contributed by atoms with Crippen LogP contribution in [0.3, 0.4) is 0 Å². The lowest BCUT2D eigenvalue weighted by Crippen LogP contribution is -2.14. The van der Waals surface area contributed by atoms with E-state index >= 15 is 0 Å². The van der Waals surface area contributed by atoms with Crippen LogP contribution in [0.4, 0.5) is 24.7 Å². The van der Waals surface area contributed by atoms with E-state index in [-0.39, 0.29) is 5.56 Å². The van der Waals surface area contributed by atoms with Gasteiger partial charge < -0.3 is 16.0 Å². The smallest absolute Gasteiger partial charge is 0.368 e. The Morgan fingerprint density at radius 1 is 1.08 bits per heavy atom. The van der Waals surface area contributed by atoms with Crippen molar-refractivity contribution in [3.63, 3.8) is 0 Å². The second kappa shape index (κ2) is 12.8. The predicted octanol–water partition coefficient (Wildman–Crippen LogP) is 5.69. The van der Waals surface area contributed by atoms with Crippen molar-refractivity contribution in [2.45, 2.75) is 26.4 Å². The molecule has 0 spiro atoms. The van der Waals surface area contributed by atoms with E-state index in [1.807, 2.05) is 33.2 Å². The zero-order chi connectivity index (χ0) is 27.7. The van der Waals surface area contributed by atoms with Gasteiger partial charge in [0.15, 0.2) is 17.0 Å². The lowest BCUT2D eigenvalue weighted by molar-refractivity contribution is -0.137. The van der Waals surface area contributed by atoms with Crippen molar-refractivity contribution in [3.8, 4) is 0 Å². The number of carbonyl (C=O) groups is 1. The number of imidazole rings is 1. The number of fused-ring (bicyclic) bond motifs is 1. The molecule has 0 aliphatic heterocycles. The fraction of sp³-hybridized carbons (Fsp3) is 0.259. The number of nitrogens with zero attached hydrogens (tertiary/aromatic N) is 4. The molecule has 0 aliphatic carbocycles. The number of alkyl halides is 3. The summed E-state index contributed by atoms with van der Waals surface area (Å²) in [5.41, 5.74) is 2.57. The number of carbonyl (C=O) groups excluding carboxylic acids is 1. The molecule has 11 heteroatoms. The molecule has 2 heterocycles. The number of nitrogens with one attached hydrogen (secondary N) is 3. The number of aromatic nitrogens is 4. The Hall–Kier alpha value is -4.25. The van der Waals surface area contributed by atoms with Gasteiger partial charge in [-0.05, 0) is 75.0 Å².